The highest BCUT2D eigenvalue weighted by Gasteiger charge is 2.39. The first-order valence-corrected chi connectivity index (χ1v) is 6.67. The molecule has 1 atom stereocenters. The summed E-state index contributed by atoms with van der Waals surface area (Å²) in [5, 5.41) is 8.75. The molecular weight excluding hydrogens is 266 g/mol. The van der Waals surface area contributed by atoms with E-state index in [1.807, 2.05) is 0 Å². The van der Waals surface area contributed by atoms with Crippen molar-refractivity contribution in [2.45, 2.75) is 31.3 Å². The number of hydrogen-bond acceptors (Lipinski definition) is 4. The second kappa shape index (κ2) is 6.08. The number of ether oxygens (including phenoxy) is 1. The Morgan fingerprint density at radius 3 is 2.60 bits per heavy atom. The van der Waals surface area contributed by atoms with Gasteiger partial charge in [-0.3, -0.25) is 9.59 Å². The molecule has 2 aliphatic rings. The number of amides is 3. The summed E-state index contributed by atoms with van der Waals surface area (Å²) in [6, 6.07) is -1.01. The summed E-state index contributed by atoms with van der Waals surface area (Å²) in [5.74, 6) is -1.55. The number of nitrogens with zero attached hydrogens (tertiary/aromatic N) is 2. The van der Waals surface area contributed by atoms with Crippen LogP contribution in [-0.2, 0) is 14.3 Å². The number of primary amides is 1. The van der Waals surface area contributed by atoms with Crippen LogP contribution in [0, 0.1) is 0 Å². The van der Waals surface area contributed by atoms with E-state index in [0.29, 0.717) is 13.2 Å². The normalized spacial score (nSPS) is 22.4. The van der Waals surface area contributed by atoms with Gasteiger partial charge < -0.3 is 25.4 Å². The lowest BCUT2D eigenvalue weighted by molar-refractivity contribution is -0.137. The fraction of sp³-hybridized carbons (Fsp3) is 0.750. The Hall–Kier alpha value is -1.83. The number of carboxylic acid groups (broad SMARTS) is 1. The predicted octanol–water partition coefficient (Wildman–Crippen LogP) is -0.768. The average Bonchev–Trinajstić information content (AvgIpc) is 3.23. The van der Waals surface area contributed by atoms with Crippen LogP contribution in [0.1, 0.15) is 19.3 Å². The molecule has 8 nitrogen and oxygen atoms in total. The molecule has 0 radical (unpaired) electrons. The van der Waals surface area contributed by atoms with Crippen LogP contribution in [0.15, 0.2) is 0 Å². The minimum atomic E-state index is -0.947. The highest BCUT2D eigenvalue weighted by molar-refractivity contribution is 5.86. The molecule has 1 unspecified atom stereocenters. The summed E-state index contributed by atoms with van der Waals surface area (Å²) in [6.45, 7) is 0.899. The minimum Gasteiger partial charge on any atom is -0.481 e. The Bertz CT molecular complexity index is 410. The number of rotatable bonds is 5. The topological polar surface area (TPSA) is 113 Å². The maximum atomic E-state index is 12.5. The van der Waals surface area contributed by atoms with E-state index < -0.39 is 17.9 Å². The SMILES string of the molecule is NC(=O)C1COCCN1C(=O)N(CCC(=O)O)C1CC1. The minimum absolute atomic E-state index is 0.0817. The second-order valence-electron chi connectivity index (χ2n) is 5.04. The van der Waals surface area contributed by atoms with E-state index in [9.17, 15) is 14.4 Å². The quantitative estimate of drug-likeness (QED) is 0.688. The molecule has 0 aromatic rings. The Labute approximate surface area is 116 Å². The van der Waals surface area contributed by atoms with Crippen molar-refractivity contribution < 1.29 is 24.2 Å². The molecule has 112 valence electrons. The number of aliphatic carboxylic acids is 1. The van der Waals surface area contributed by atoms with Crippen molar-refractivity contribution in [3.63, 3.8) is 0 Å². The van der Waals surface area contributed by atoms with Gasteiger partial charge in [0, 0.05) is 19.1 Å². The van der Waals surface area contributed by atoms with Crippen LogP contribution < -0.4 is 5.73 Å². The maximum Gasteiger partial charge on any atom is 0.321 e. The van der Waals surface area contributed by atoms with Crippen molar-refractivity contribution in [3.05, 3.63) is 0 Å². The van der Waals surface area contributed by atoms with Gasteiger partial charge in [-0.05, 0) is 12.8 Å². The van der Waals surface area contributed by atoms with E-state index >= 15 is 0 Å². The van der Waals surface area contributed by atoms with Crippen LogP contribution in [-0.4, -0.2) is 71.2 Å². The van der Waals surface area contributed by atoms with Gasteiger partial charge in [0.25, 0.3) is 0 Å². The first-order valence-electron chi connectivity index (χ1n) is 6.67. The van der Waals surface area contributed by atoms with Crippen LogP contribution in [0.4, 0.5) is 4.79 Å². The van der Waals surface area contributed by atoms with Gasteiger partial charge in [-0.25, -0.2) is 4.79 Å². The van der Waals surface area contributed by atoms with E-state index in [4.69, 9.17) is 15.6 Å². The van der Waals surface area contributed by atoms with Gasteiger partial charge in [-0.1, -0.05) is 0 Å². The zero-order valence-corrected chi connectivity index (χ0v) is 11.2. The van der Waals surface area contributed by atoms with E-state index in [1.54, 1.807) is 0 Å². The van der Waals surface area contributed by atoms with Crippen LogP contribution >= 0.6 is 0 Å². The summed E-state index contributed by atoms with van der Waals surface area (Å²) >= 11 is 0. The van der Waals surface area contributed by atoms with E-state index in [2.05, 4.69) is 0 Å². The Morgan fingerprint density at radius 2 is 2.05 bits per heavy atom. The van der Waals surface area contributed by atoms with Gasteiger partial charge >= 0.3 is 12.0 Å². The number of carbonyl (C=O) groups is 3. The standard InChI is InChI=1S/C12H19N3O5/c13-11(18)9-7-20-6-5-15(9)12(19)14(8-1-2-8)4-3-10(16)17/h8-9H,1-7H2,(H2,13,18)(H,16,17). The molecule has 1 saturated heterocycles. The number of morpholine rings is 1. The molecular formula is C12H19N3O5. The third-order valence-corrected chi connectivity index (χ3v) is 3.50. The first-order chi connectivity index (χ1) is 9.50. The number of carbonyl (C=O) groups excluding carboxylic acids is 2. The van der Waals surface area contributed by atoms with Crippen LogP contribution in [0.3, 0.4) is 0 Å². The van der Waals surface area contributed by atoms with Crippen molar-refractivity contribution in [2.24, 2.45) is 5.73 Å². The molecule has 1 heterocycles. The highest BCUT2D eigenvalue weighted by Crippen LogP contribution is 2.28. The highest BCUT2D eigenvalue weighted by atomic mass is 16.5. The van der Waals surface area contributed by atoms with Gasteiger partial charge in [-0.15, -0.1) is 0 Å². The molecule has 0 bridgehead atoms. The lowest BCUT2D eigenvalue weighted by Crippen LogP contribution is -2.58. The van der Waals surface area contributed by atoms with Crippen molar-refractivity contribution in [1.29, 1.82) is 0 Å². The lowest BCUT2D eigenvalue weighted by Gasteiger charge is -2.37. The predicted molar refractivity (Wildman–Crippen MR) is 67.9 cm³/mol. The summed E-state index contributed by atoms with van der Waals surface area (Å²) in [6.07, 6.45) is 1.64. The van der Waals surface area contributed by atoms with Crippen molar-refractivity contribution in [1.82, 2.24) is 9.80 Å². The molecule has 20 heavy (non-hydrogen) atoms. The summed E-state index contributed by atoms with van der Waals surface area (Å²) in [4.78, 5) is 37.5. The number of urea groups is 1. The van der Waals surface area contributed by atoms with Gasteiger partial charge in [-0.2, -0.15) is 0 Å². The Kier molecular flexibility index (Phi) is 4.43. The van der Waals surface area contributed by atoms with E-state index in [0.717, 1.165) is 12.8 Å². The van der Waals surface area contributed by atoms with Crippen molar-refractivity contribution in [3.8, 4) is 0 Å². The molecule has 1 aliphatic heterocycles. The average molecular weight is 285 g/mol. The van der Waals surface area contributed by atoms with E-state index in [-0.39, 0.29) is 31.6 Å². The largest absolute Gasteiger partial charge is 0.481 e. The molecule has 0 aromatic heterocycles. The molecule has 1 saturated carbocycles. The van der Waals surface area contributed by atoms with Crippen molar-refractivity contribution in [2.75, 3.05) is 26.3 Å². The van der Waals surface area contributed by atoms with E-state index in [1.165, 1.54) is 9.80 Å². The monoisotopic (exact) mass is 285 g/mol. The molecule has 1 aliphatic carbocycles. The second-order valence-corrected chi connectivity index (χ2v) is 5.04. The Balaban J connectivity index is 2.04. The third-order valence-electron chi connectivity index (χ3n) is 3.50. The van der Waals surface area contributed by atoms with Gasteiger partial charge in [0.2, 0.25) is 5.91 Å². The zero-order valence-electron chi connectivity index (χ0n) is 11.2. The fourth-order valence-electron chi connectivity index (χ4n) is 2.27. The number of nitrogens with two attached hydrogens (primary N) is 1. The van der Waals surface area contributed by atoms with Crippen LogP contribution in [0.2, 0.25) is 0 Å². The lowest BCUT2D eigenvalue weighted by atomic mass is 10.2. The molecule has 2 rings (SSSR count). The zero-order chi connectivity index (χ0) is 14.7. The molecule has 3 N–H and O–H groups in total. The molecule has 0 spiro atoms. The fourth-order valence-corrected chi connectivity index (χ4v) is 2.27. The smallest absolute Gasteiger partial charge is 0.321 e. The number of carboxylic acids is 1. The van der Waals surface area contributed by atoms with Gasteiger partial charge in [0.1, 0.15) is 6.04 Å². The molecule has 2 fully saturated rings. The van der Waals surface area contributed by atoms with Crippen LogP contribution in [0.5, 0.6) is 0 Å². The first kappa shape index (κ1) is 14.6. The summed E-state index contributed by atoms with van der Waals surface area (Å²) < 4.78 is 5.17. The van der Waals surface area contributed by atoms with Gasteiger partial charge in [0.15, 0.2) is 0 Å². The third kappa shape index (κ3) is 3.38. The maximum absolute atomic E-state index is 12.5. The summed E-state index contributed by atoms with van der Waals surface area (Å²) in [5.41, 5.74) is 5.28. The number of hydrogen-bond donors (Lipinski definition) is 2. The Morgan fingerprint density at radius 1 is 1.35 bits per heavy atom. The van der Waals surface area contributed by atoms with Gasteiger partial charge in [0.05, 0.1) is 19.6 Å². The summed E-state index contributed by atoms with van der Waals surface area (Å²) in [7, 11) is 0. The molecule has 8 heteroatoms. The van der Waals surface area contributed by atoms with Crippen molar-refractivity contribution >= 4 is 17.9 Å². The van der Waals surface area contributed by atoms with Crippen LogP contribution in [0.25, 0.3) is 0 Å². The molecule has 3 amide bonds. The molecule has 0 aromatic carbocycles.